The van der Waals surface area contributed by atoms with Crippen LogP contribution in [0.4, 0.5) is 0 Å². The molecule has 3 nitrogen and oxygen atoms in total. The maximum Gasteiger partial charge on any atom is 0.0160 e. The molecule has 0 bridgehead atoms. The topological polar surface area (TPSA) is 38.9 Å². The van der Waals surface area contributed by atoms with Crippen molar-refractivity contribution in [2.75, 3.05) is 0 Å². The first-order valence-corrected chi connectivity index (χ1v) is 26.0. The molecule has 10 rings (SSSR count). The molecule has 0 aliphatic rings. The van der Waals surface area contributed by atoms with Crippen LogP contribution in [0.25, 0.3) is 87.5 Å². The van der Waals surface area contributed by atoms with Crippen LogP contribution in [0, 0.1) is 12.1 Å². The first-order chi connectivity index (χ1) is 26.2. The molecular formula is C50H40GeIrN2O-2. The number of rotatable bonds is 4. The number of aromatic nitrogens is 2. The summed E-state index contributed by atoms with van der Waals surface area (Å²) in [6, 6.07) is 54.0. The third kappa shape index (κ3) is 6.78. The van der Waals surface area contributed by atoms with Crippen molar-refractivity contribution in [3.63, 3.8) is 0 Å². The second-order valence-electron chi connectivity index (χ2n) is 15.4. The van der Waals surface area contributed by atoms with E-state index in [0.717, 1.165) is 44.5 Å². The van der Waals surface area contributed by atoms with Crippen LogP contribution >= 0.6 is 0 Å². The van der Waals surface area contributed by atoms with Gasteiger partial charge in [0.15, 0.2) is 0 Å². The summed E-state index contributed by atoms with van der Waals surface area (Å²) in [5.41, 5.74) is 6.92. The molecule has 3 heterocycles. The summed E-state index contributed by atoms with van der Waals surface area (Å²) in [7, 11) is 0. The van der Waals surface area contributed by atoms with Gasteiger partial charge in [0.05, 0.1) is 0 Å². The van der Waals surface area contributed by atoms with Crippen molar-refractivity contribution < 1.29 is 24.5 Å². The van der Waals surface area contributed by atoms with E-state index in [4.69, 9.17) is 4.42 Å². The van der Waals surface area contributed by atoms with Crippen molar-refractivity contribution in [3.05, 3.63) is 164 Å². The molecule has 0 amide bonds. The fourth-order valence-electron chi connectivity index (χ4n) is 7.64. The van der Waals surface area contributed by atoms with Crippen molar-refractivity contribution in [1.29, 1.82) is 0 Å². The van der Waals surface area contributed by atoms with Crippen LogP contribution < -0.4 is 4.40 Å². The van der Waals surface area contributed by atoms with E-state index in [1.807, 2.05) is 36.7 Å². The predicted molar refractivity (Wildman–Crippen MR) is 231 cm³/mol. The molecule has 0 aliphatic carbocycles. The minimum Gasteiger partial charge on any atom is -0.305 e. The van der Waals surface area contributed by atoms with Crippen molar-refractivity contribution in [2.45, 2.75) is 37.0 Å². The summed E-state index contributed by atoms with van der Waals surface area (Å²) in [4.78, 5) is 9.10. The third-order valence-corrected chi connectivity index (χ3v) is 14.9. The molecule has 0 saturated carbocycles. The number of nitrogens with zero attached hydrogens (tertiary/aromatic N) is 2. The molecule has 0 spiro atoms. The molecule has 1 radical (unpaired) electrons. The van der Waals surface area contributed by atoms with Crippen molar-refractivity contribution in [1.82, 2.24) is 9.97 Å². The smallest absolute Gasteiger partial charge is 0.0160 e. The maximum absolute atomic E-state index is 6.52. The van der Waals surface area contributed by atoms with Crippen molar-refractivity contribution in [2.24, 2.45) is 0 Å². The Labute approximate surface area is 338 Å². The Morgan fingerprint density at radius 2 is 1.20 bits per heavy atom. The molecule has 5 heteroatoms. The number of pyridine rings is 2. The van der Waals surface area contributed by atoms with Gasteiger partial charge in [0.25, 0.3) is 0 Å². The van der Waals surface area contributed by atoms with Crippen LogP contribution in [0.15, 0.2) is 150 Å². The van der Waals surface area contributed by atoms with Gasteiger partial charge in [0.1, 0.15) is 0 Å². The molecule has 0 aliphatic heterocycles. The molecule has 7 aromatic carbocycles. The van der Waals surface area contributed by atoms with Crippen LogP contribution in [0.2, 0.25) is 17.3 Å². The van der Waals surface area contributed by atoms with Gasteiger partial charge in [-0.05, 0) is 27.9 Å². The molecule has 0 fully saturated rings. The number of furan rings is 1. The number of fused-ring (bicyclic) bond motifs is 11. The Bertz CT molecular complexity index is 2980. The molecule has 3 aromatic heterocycles. The number of hydrogen-bond donors (Lipinski definition) is 0. The fourth-order valence-corrected chi connectivity index (χ4v) is 10.1. The van der Waals surface area contributed by atoms with Gasteiger partial charge in [-0.2, -0.15) is 0 Å². The van der Waals surface area contributed by atoms with E-state index in [1.54, 1.807) is 0 Å². The summed E-state index contributed by atoms with van der Waals surface area (Å²) in [5, 5.41) is 12.3. The van der Waals surface area contributed by atoms with Crippen LogP contribution in [0.1, 0.15) is 25.3 Å². The van der Waals surface area contributed by atoms with E-state index in [9.17, 15) is 0 Å². The number of hydrogen-bond acceptors (Lipinski definition) is 3. The van der Waals surface area contributed by atoms with Crippen molar-refractivity contribution >= 4 is 82.7 Å². The normalized spacial score (nSPS) is 11.7. The van der Waals surface area contributed by atoms with Gasteiger partial charge in [-0.1, -0.05) is 90.7 Å². The summed E-state index contributed by atoms with van der Waals surface area (Å²) < 4.78 is 8.04. The Balaban J connectivity index is 0.000000156. The van der Waals surface area contributed by atoms with Crippen molar-refractivity contribution in [3.8, 4) is 22.5 Å². The minimum atomic E-state index is -1.88. The first kappa shape index (κ1) is 36.8. The Kier molecular flexibility index (Phi) is 9.94. The van der Waals surface area contributed by atoms with Gasteiger partial charge in [0.2, 0.25) is 0 Å². The molecule has 0 atom stereocenters. The van der Waals surface area contributed by atoms with Gasteiger partial charge in [-0.25, -0.2) is 0 Å². The van der Waals surface area contributed by atoms with Gasteiger partial charge in [-0.3, -0.25) is 0 Å². The molecule has 0 unspecified atom stereocenters. The maximum atomic E-state index is 6.52. The average molecular weight is 950 g/mol. The monoisotopic (exact) mass is 951 g/mol. The molecular weight excluding hydrogens is 909 g/mol. The van der Waals surface area contributed by atoms with Gasteiger partial charge in [0, 0.05) is 26.3 Å². The zero-order valence-corrected chi connectivity index (χ0v) is 36.1. The van der Waals surface area contributed by atoms with E-state index in [1.165, 1.54) is 53.0 Å². The van der Waals surface area contributed by atoms with Gasteiger partial charge >= 0.3 is 167 Å². The Morgan fingerprint density at radius 1 is 0.545 bits per heavy atom. The predicted octanol–water partition coefficient (Wildman–Crippen LogP) is 13.3. The minimum absolute atomic E-state index is 0. The number of benzene rings is 7. The Morgan fingerprint density at radius 3 is 1.89 bits per heavy atom. The molecule has 271 valence electrons. The van der Waals surface area contributed by atoms with Crippen LogP contribution in [0.5, 0.6) is 0 Å². The largest absolute Gasteiger partial charge is 0.305 e. The zero-order chi connectivity index (χ0) is 37.0. The first-order valence-electron chi connectivity index (χ1n) is 18.7. The summed E-state index contributed by atoms with van der Waals surface area (Å²) >= 11 is -1.88. The summed E-state index contributed by atoms with van der Waals surface area (Å²) in [6.07, 6.45) is 3.71. The van der Waals surface area contributed by atoms with E-state index in [2.05, 4.69) is 162 Å². The van der Waals surface area contributed by atoms with E-state index in [-0.39, 0.29) is 20.1 Å². The summed E-state index contributed by atoms with van der Waals surface area (Å²) in [6.45, 7) is 4.40. The SMILES string of the molecule is CC(C)c1ccnc(-c2[c-]ccc3c2oc2c4cc[c]([Ge]([CH3])([CH3])[CH3])cc4ccc32)c1.[Ir].[c-]1cc2c3ccccc3c3ccccc3c2cc1-c1ccccn1. The molecule has 0 saturated heterocycles. The third-order valence-electron chi connectivity index (χ3n) is 10.6. The van der Waals surface area contributed by atoms with E-state index >= 15 is 0 Å². The standard InChI is InChI=1S/C27H26GeNO.C23H14N.Ir/c1-17(2)18-13-14-29-25(16-18)24-8-6-7-22-23-11-9-19-15-20(28(3,4)5)10-12-21(19)26(23)30-27(22)24;1-2-9-19-17(7-1)18-8-3-4-10-20(18)22-15-16(12-13-21(19)22)23-11-5-6-14-24-23;/h6-7,9-17H,1-5H3;1-11,13-15H;/q2*-1;. The molecule has 0 N–H and O–H groups in total. The molecule has 55 heavy (non-hydrogen) atoms. The fraction of sp³-hybridized carbons (Fsp3) is 0.120. The van der Waals surface area contributed by atoms with Crippen LogP contribution in [-0.2, 0) is 20.1 Å². The van der Waals surface area contributed by atoms with Gasteiger partial charge < -0.3 is 4.98 Å². The summed E-state index contributed by atoms with van der Waals surface area (Å²) in [5.74, 6) is 7.75. The Hall–Kier alpha value is -5.13. The quantitative estimate of drug-likeness (QED) is 0.100. The van der Waals surface area contributed by atoms with Gasteiger partial charge in [-0.15, -0.1) is 23.8 Å². The average Bonchev–Trinajstić information content (AvgIpc) is 3.60. The van der Waals surface area contributed by atoms with E-state index < -0.39 is 13.3 Å². The van der Waals surface area contributed by atoms with E-state index in [0.29, 0.717) is 5.92 Å². The zero-order valence-electron chi connectivity index (χ0n) is 31.6. The second kappa shape index (κ2) is 14.8. The van der Waals surface area contributed by atoms with Crippen LogP contribution in [0.3, 0.4) is 0 Å². The van der Waals surface area contributed by atoms with Crippen LogP contribution in [-0.4, -0.2) is 23.2 Å². The second-order valence-corrected chi connectivity index (χ2v) is 26.1. The molecule has 10 aromatic rings.